The molecule has 5 heteroatoms. The quantitative estimate of drug-likeness (QED) is 0.229. The summed E-state index contributed by atoms with van der Waals surface area (Å²) in [7, 11) is 0. The van der Waals surface area contributed by atoms with Gasteiger partial charge in [0.15, 0.2) is 0 Å². The van der Waals surface area contributed by atoms with Crippen molar-refractivity contribution < 1.29 is 4.39 Å². The van der Waals surface area contributed by atoms with Crippen molar-refractivity contribution in [3.05, 3.63) is 53.2 Å². The highest BCUT2D eigenvalue weighted by Crippen LogP contribution is 2.38. The van der Waals surface area contributed by atoms with E-state index in [0.29, 0.717) is 0 Å². The summed E-state index contributed by atoms with van der Waals surface area (Å²) in [5.41, 5.74) is 1.09. The van der Waals surface area contributed by atoms with Crippen LogP contribution in [0.5, 0.6) is 0 Å². The summed E-state index contributed by atoms with van der Waals surface area (Å²) >= 11 is 8.08. The molecule has 1 aromatic carbocycles. The Balaban J connectivity index is 1.78. The lowest BCUT2D eigenvalue weighted by molar-refractivity contribution is 0.630. The van der Waals surface area contributed by atoms with Gasteiger partial charge in [0.2, 0.25) is 0 Å². The Morgan fingerprint density at radius 2 is 1.76 bits per heavy atom. The van der Waals surface area contributed by atoms with E-state index in [1.165, 1.54) is 40.0 Å². The van der Waals surface area contributed by atoms with Crippen LogP contribution in [0.25, 0.3) is 20.2 Å². The van der Waals surface area contributed by atoms with Gasteiger partial charge in [-0.05, 0) is 67.0 Å². The predicted octanol–water partition coefficient (Wildman–Crippen LogP) is 7.75. The number of benzene rings is 1. The smallest absolute Gasteiger partial charge is 0.150 e. The largest absolute Gasteiger partial charge is 0.205 e. The van der Waals surface area contributed by atoms with E-state index < -0.39 is 0 Å². The second kappa shape index (κ2) is 8.63. The molecule has 0 aliphatic rings. The van der Waals surface area contributed by atoms with Gasteiger partial charge >= 0.3 is 0 Å². The molecule has 0 saturated heterocycles. The number of hydrogen-bond donors (Lipinski definition) is 0. The van der Waals surface area contributed by atoms with Crippen molar-refractivity contribution in [3.8, 4) is 20.2 Å². The van der Waals surface area contributed by atoms with Crippen molar-refractivity contribution in [1.29, 1.82) is 0 Å². The maximum atomic E-state index is 14.0. The van der Waals surface area contributed by atoms with Gasteiger partial charge in [-0.2, -0.15) is 4.99 Å². The molecular formula is C20H18FNS3. The molecule has 0 bridgehead atoms. The second-order valence-corrected chi connectivity index (χ2v) is 8.19. The fourth-order valence-corrected chi connectivity index (χ4v) is 4.86. The van der Waals surface area contributed by atoms with Gasteiger partial charge < -0.3 is 0 Å². The molecule has 128 valence electrons. The molecule has 0 radical (unpaired) electrons. The summed E-state index contributed by atoms with van der Waals surface area (Å²) in [5, 5.41) is 2.20. The number of rotatable bonds is 7. The first-order valence-electron chi connectivity index (χ1n) is 8.28. The third kappa shape index (κ3) is 4.50. The van der Waals surface area contributed by atoms with E-state index in [9.17, 15) is 4.39 Å². The molecule has 25 heavy (non-hydrogen) atoms. The predicted molar refractivity (Wildman–Crippen MR) is 111 cm³/mol. The van der Waals surface area contributed by atoms with E-state index in [0.717, 1.165) is 16.9 Å². The molecule has 0 unspecified atom stereocenters. The van der Waals surface area contributed by atoms with Crippen molar-refractivity contribution in [1.82, 2.24) is 0 Å². The number of halogens is 1. The molecule has 0 amide bonds. The van der Waals surface area contributed by atoms with Gasteiger partial charge in [-0.25, -0.2) is 4.39 Å². The van der Waals surface area contributed by atoms with Crippen LogP contribution in [-0.4, -0.2) is 5.16 Å². The molecular weight excluding hydrogens is 369 g/mol. The molecule has 0 aliphatic carbocycles. The third-order valence-corrected chi connectivity index (χ3v) is 6.50. The third-order valence-electron chi connectivity index (χ3n) is 3.94. The maximum Gasteiger partial charge on any atom is 0.150 e. The first-order valence-corrected chi connectivity index (χ1v) is 10.3. The lowest BCUT2D eigenvalue weighted by Gasteiger charge is -2.00. The van der Waals surface area contributed by atoms with Gasteiger partial charge in [0.05, 0.1) is 5.16 Å². The second-order valence-electron chi connectivity index (χ2n) is 5.76. The van der Waals surface area contributed by atoms with Gasteiger partial charge in [0.1, 0.15) is 11.5 Å². The summed E-state index contributed by atoms with van der Waals surface area (Å²) in [5.74, 6) is -0.376. The highest BCUT2D eigenvalue weighted by atomic mass is 32.1. The van der Waals surface area contributed by atoms with Crippen molar-refractivity contribution >= 4 is 45.7 Å². The summed E-state index contributed by atoms with van der Waals surface area (Å²) < 4.78 is 14.0. The zero-order valence-corrected chi connectivity index (χ0v) is 16.4. The van der Waals surface area contributed by atoms with Gasteiger partial charge in [-0.3, -0.25) is 0 Å². The molecule has 0 atom stereocenters. The SMILES string of the molecule is CCCCCc1ccc(-c2ccc(-c3ccc(N=C=S)c(F)c3)s2)s1. The summed E-state index contributed by atoms with van der Waals surface area (Å²) in [6.07, 6.45) is 4.94. The number of isothiocyanates is 1. The molecule has 1 nitrogen and oxygen atoms in total. The standard InChI is InChI=1S/C20H18FNS3/c1-2-3-4-5-15-7-9-19(24-15)20-11-10-18(25-20)14-6-8-17(22-13-23)16(21)12-14/h6-12H,2-5H2,1H3. The fourth-order valence-electron chi connectivity index (χ4n) is 2.62. The summed E-state index contributed by atoms with van der Waals surface area (Å²) in [6.45, 7) is 2.23. The molecule has 2 aromatic heterocycles. The number of thiocarbonyl (C=S) groups is 1. The lowest BCUT2D eigenvalue weighted by Crippen LogP contribution is -1.78. The van der Waals surface area contributed by atoms with E-state index in [1.807, 2.05) is 23.5 Å². The molecule has 0 N–H and O–H groups in total. The number of nitrogens with zero attached hydrogens (tertiary/aromatic N) is 1. The number of aliphatic imine (C=N–C) groups is 1. The molecule has 0 fully saturated rings. The number of aryl methyl sites for hydroxylation is 1. The zero-order chi connectivity index (χ0) is 17.6. The fraction of sp³-hybridized carbons (Fsp3) is 0.250. The zero-order valence-electron chi connectivity index (χ0n) is 13.9. The minimum Gasteiger partial charge on any atom is -0.205 e. The Morgan fingerprint density at radius 1 is 1.00 bits per heavy atom. The highest BCUT2D eigenvalue weighted by Gasteiger charge is 2.10. The van der Waals surface area contributed by atoms with Crippen LogP contribution in [0.2, 0.25) is 0 Å². The molecule has 2 heterocycles. The topological polar surface area (TPSA) is 12.4 Å². The molecule has 3 rings (SSSR count). The van der Waals surface area contributed by atoms with Crippen LogP contribution in [0, 0.1) is 5.82 Å². The molecule has 0 saturated carbocycles. The van der Waals surface area contributed by atoms with Gasteiger partial charge in [-0.15, -0.1) is 22.7 Å². The van der Waals surface area contributed by atoms with E-state index in [-0.39, 0.29) is 11.5 Å². The van der Waals surface area contributed by atoms with E-state index in [2.05, 4.69) is 47.5 Å². The van der Waals surface area contributed by atoms with E-state index >= 15 is 0 Å². The van der Waals surface area contributed by atoms with Crippen LogP contribution in [0.3, 0.4) is 0 Å². The number of hydrogen-bond acceptors (Lipinski definition) is 4. The number of unbranched alkanes of at least 4 members (excludes halogenated alkanes) is 2. The van der Waals surface area contributed by atoms with Crippen LogP contribution in [0.1, 0.15) is 31.1 Å². The van der Waals surface area contributed by atoms with Crippen LogP contribution >= 0.6 is 34.9 Å². The molecule has 0 aliphatic heterocycles. The Bertz CT molecular complexity index is 903. The van der Waals surface area contributed by atoms with Gasteiger partial charge in [0.25, 0.3) is 0 Å². The van der Waals surface area contributed by atoms with Crippen molar-refractivity contribution in [3.63, 3.8) is 0 Å². The van der Waals surface area contributed by atoms with Gasteiger partial charge in [0, 0.05) is 19.5 Å². The Hall–Kier alpha value is -1.65. The maximum absolute atomic E-state index is 14.0. The Labute approximate surface area is 160 Å². The Morgan fingerprint density at radius 3 is 2.52 bits per heavy atom. The molecule has 3 aromatic rings. The van der Waals surface area contributed by atoms with Crippen LogP contribution in [0.4, 0.5) is 10.1 Å². The summed E-state index contributed by atoms with van der Waals surface area (Å²) in [4.78, 5) is 8.72. The highest BCUT2D eigenvalue weighted by molar-refractivity contribution is 7.78. The Kier molecular flexibility index (Phi) is 6.27. The van der Waals surface area contributed by atoms with Crippen LogP contribution in [0.15, 0.2) is 47.5 Å². The van der Waals surface area contributed by atoms with E-state index in [4.69, 9.17) is 0 Å². The average Bonchev–Trinajstić information content (AvgIpc) is 3.26. The minimum absolute atomic E-state index is 0.227. The monoisotopic (exact) mass is 387 g/mol. The van der Waals surface area contributed by atoms with Crippen molar-refractivity contribution in [2.45, 2.75) is 32.6 Å². The summed E-state index contributed by atoms with van der Waals surface area (Å²) in [6, 6.07) is 13.6. The van der Waals surface area contributed by atoms with Crippen LogP contribution < -0.4 is 0 Å². The van der Waals surface area contributed by atoms with Crippen molar-refractivity contribution in [2.75, 3.05) is 0 Å². The van der Waals surface area contributed by atoms with Crippen molar-refractivity contribution in [2.24, 2.45) is 4.99 Å². The first-order chi connectivity index (χ1) is 12.2. The normalized spacial score (nSPS) is 10.6. The van der Waals surface area contributed by atoms with E-state index in [1.54, 1.807) is 17.4 Å². The number of thiophene rings is 2. The van der Waals surface area contributed by atoms with Crippen LogP contribution in [-0.2, 0) is 6.42 Å². The average molecular weight is 388 g/mol. The molecule has 0 spiro atoms. The first kappa shape index (κ1) is 18.2. The minimum atomic E-state index is -0.376. The lowest BCUT2D eigenvalue weighted by atomic mass is 10.1. The van der Waals surface area contributed by atoms with Gasteiger partial charge in [-0.1, -0.05) is 25.8 Å².